The summed E-state index contributed by atoms with van der Waals surface area (Å²) in [6.07, 6.45) is 5.91. The number of esters is 1. The number of nitrogens with zero attached hydrogens (tertiary/aromatic N) is 2. The van der Waals surface area contributed by atoms with Gasteiger partial charge < -0.3 is 24.6 Å². The van der Waals surface area contributed by atoms with Crippen LogP contribution in [0.15, 0.2) is 29.8 Å². The van der Waals surface area contributed by atoms with Crippen LogP contribution in [0.4, 0.5) is 0 Å². The highest BCUT2D eigenvalue weighted by Gasteiger charge is 2.60. The lowest BCUT2D eigenvalue weighted by Crippen LogP contribution is -2.56. The summed E-state index contributed by atoms with van der Waals surface area (Å²) in [6.45, 7) is 22.3. The standard InChI is InChI=1S/C29H42N2O5S.C10H20O/c1-18(2)15-29(26(34)36-28(6,7)8)16-20(17-32)23(24-30-12-13-37-24)31(29)25(33)19-10-11-21(27(3,4)5)22(14-19)35-9;1-7(2)9-5-4-8(3)6-10(9)11/h10-14,18,20,23,32H,15-17H2,1-9H3;7-11H,4-6H2,1-3H3/t20-,23-,29+;8-,9+,10?/m11/s1. The number of aromatic nitrogens is 1. The monoisotopic (exact) mass is 686 g/mol. The van der Waals surface area contributed by atoms with E-state index in [-0.39, 0.29) is 35.9 Å². The number of thiazole rings is 1. The van der Waals surface area contributed by atoms with Gasteiger partial charge in [0.2, 0.25) is 0 Å². The van der Waals surface area contributed by atoms with Crippen LogP contribution in [0.25, 0.3) is 0 Å². The van der Waals surface area contributed by atoms with Crippen molar-refractivity contribution >= 4 is 23.2 Å². The van der Waals surface area contributed by atoms with Crippen LogP contribution in [0.5, 0.6) is 5.75 Å². The molecule has 1 amide bonds. The fourth-order valence-electron chi connectivity index (χ4n) is 7.53. The van der Waals surface area contributed by atoms with E-state index in [2.05, 4.69) is 46.5 Å². The average Bonchev–Trinajstić information content (AvgIpc) is 3.61. The number of likely N-dealkylation sites (tertiary alicyclic amines) is 1. The second kappa shape index (κ2) is 16.0. The van der Waals surface area contributed by atoms with E-state index in [1.54, 1.807) is 30.3 Å². The molecule has 2 fully saturated rings. The number of methoxy groups -OCH3 is 1. The fourth-order valence-corrected chi connectivity index (χ4v) is 8.35. The number of hydrogen-bond acceptors (Lipinski definition) is 8. The van der Waals surface area contributed by atoms with Gasteiger partial charge in [-0.05, 0) is 93.2 Å². The van der Waals surface area contributed by atoms with Crippen LogP contribution in [-0.2, 0) is 14.9 Å². The molecule has 48 heavy (non-hydrogen) atoms. The Morgan fingerprint density at radius 3 is 2.25 bits per heavy atom. The number of carbonyl (C=O) groups excluding carboxylic acids is 2. The first-order valence-electron chi connectivity index (χ1n) is 17.7. The molecular weight excluding hydrogens is 625 g/mol. The highest BCUT2D eigenvalue weighted by molar-refractivity contribution is 7.09. The van der Waals surface area contributed by atoms with Crippen molar-refractivity contribution in [3.63, 3.8) is 0 Å². The Bertz CT molecular complexity index is 1350. The summed E-state index contributed by atoms with van der Waals surface area (Å²) in [5.74, 6) is 1.55. The molecule has 9 heteroatoms. The molecule has 1 saturated heterocycles. The van der Waals surface area contributed by atoms with Crippen LogP contribution >= 0.6 is 11.3 Å². The van der Waals surface area contributed by atoms with E-state index in [4.69, 9.17) is 9.47 Å². The Kier molecular flexibility index (Phi) is 13.3. The maximum absolute atomic E-state index is 14.5. The van der Waals surface area contributed by atoms with E-state index in [1.165, 1.54) is 24.2 Å². The summed E-state index contributed by atoms with van der Waals surface area (Å²) in [4.78, 5) is 34.7. The molecule has 1 aliphatic carbocycles. The van der Waals surface area contributed by atoms with Gasteiger partial charge in [0.1, 0.15) is 21.9 Å². The van der Waals surface area contributed by atoms with Gasteiger partial charge >= 0.3 is 5.97 Å². The lowest BCUT2D eigenvalue weighted by molar-refractivity contribution is -0.168. The van der Waals surface area contributed by atoms with Crippen LogP contribution in [0, 0.1) is 29.6 Å². The van der Waals surface area contributed by atoms with E-state index in [0.717, 1.165) is 17.9 Å². The molecule has 0 radical (unpaired) electrons. The van der Waals surface area contributed by atoms with E-state index in [0.29, 0.717) is 41.0 Å². The van der Waals surface area contributed by atoms with Crippen LogP contribution in [0.3, 0.4) is 0 Å². The minimum absolute atomic E-state index is 0.0289. The van der Waals surface area contributed by atoms with Crippen molar-refractivity contribution in [2.75, 3.05) is 13.7 Å². The van der Waals surface area contributed by atoms with E-state index >= 15 is 0 Å². The fraction of sp³-hybridized carbons (Fsp3) is 0.718. The molecule has 1 aromatic carbocycles. The number of rotatable bonds is 8. The van der Waals surface area contributed by atoms with Gasteiger partial charge in [-0.3, -0.25) is 4.79 Å². The maximum atomic E-state index is 14.5. The second-order valence-electron chi connectivity index (χ2n) is 16.8. The Morgan fingerprint density at radius 1 is 1.10 bits per heavy atom. The largest absolute Gasteiger partial charge is 0.496 e. The molecule has 0 bridgehead atoms. The summed E-state index contributed by atoms with van der Waals surface area (Å²) in [5, 5.41) is 22.7. The first-order valence-corrected chi connectivity index (χ1v) is 18.6. The molecule has 4 rings (SSSR count). The van der Waals surface area contributed by atoms with Gasteiger partial charge in [0.15, 0.2) is 0 Å². The molecule has 2 aliphatic rings. The van der Waals surface area contributed by atoms with Gasteiger partial charge in [0.05, 0.1) is 19.3 Å². The number of benzene rings is 1. The Balaban J connectivity index is 0.000000480. The third kappa shape index (κ3) is 9.39. The van der Waals surface area contributed by atoms with Crippen molar-refractivity contribution < 1.29 is 29.3 Å². The lowest BCUT2D eigenvalue weighted by Gasteiger charge is -2.41. The maximum Gasteiger partial charge on any atom is 0.332 e. The van der Waals surface area contributed by atoms with Crippen molar-refractivity contribution in [2.45, 2.75) is 137 Å². The smallest absolute Gasteiger partial charge is 0.332 e. The molecule has 270 valence electrons. The number of hydrogen-bond donors (Lipinski definition) is 2. The van der Waals surface area contributed by atoms with Crippen LogP contribution in [0.2, 0.25) is 0 Å². The van der Waals surface area contributed by atoms with Gasteiger partial charge in [-0.15, -0.1) is 11.3 Å². The molecule has 6 atom stereocenters. The normalized spacial score (nSPS) is 26.3. The predicted molar refractivity (Wildman–Crippen MR) is 193 cm³/mol. The second-order valence-corrected chi connectivity index (χ2v) is 17.8. The summed E-state index contributed by atoms with van der Waals surface area (Å²) in [7, 11) is 1.60. The van der Waals surface area contributed by atoms with Crippen molar-refractivity contribution in [3.8, 4) is 5.75 Å². The highest BCUT2D eigenvalue weighted by atomic mass is 32.1. The highest BCUT2D eigenvalue weighted by Crippen LogP contribution is 2.51. The number of carbonyl (C=O) groups is 2. The molecule has 1 aliphatic heterocycles. The van der Waals surface area contributed by atoms with Gasteiger partial charge in [0, 0.05) is 29.7 Å². The van der Waals surface area contributed by atoms with E-state index in [1.807, 2.05) is 46.1 Å². The lowest BCUT2D eigenvalue weighted by atomic mass is 9.75. The first-order chi connectivity index (χ1) is 22.3. The zero-order valence-corrected chi connectivity index (χ0v) is 32.3. The van der Waals surface area contributed by atoms with Crippen LogP contribution < -0.4 is 4.74 Å². The molecule has 2 N–H and O–H groups in total. The molecule has 2 heterocycles. The molecule has 0 spiro atoms. The van der Waals surface area contributed by atoms with Gasteiger partial charge in [-0.1, -0.05) is 67.9 Å². The number of amides is 1. The Morgan fingerprint density at radius 2 is 1.77 bits per heavy atom. The quantitative estimate of drug-likeness (QED) is 0.270. The summed E-state index contributed by atoms with van der Waals surface area (Å²) in [6, 6.07) is 4.91. The molecule has 1 saturated carbocycles. The van der Waals surface area contributed by atoms with Gasteiger partial charge in [-0.25, -0.2) is 9.78 Å². The first kappa shape index (κ1) is 39.9. The molecule has 8 nitrogen and oxygen atoms in total. The zero-order valence-electron chi connectivity index (χ0n) is 31.5. The molecule has 1 aromatic heterocycles. The summed E-state index contributed by atoms with van der Waals surface area (Å²) >= 11 is 1.42. The van der Waals surface area contributed by atoms with Gasteiger partial charge in [-0.2, -0.15) is 0 Å². The minimum Gasteiger partial charge on any atom is -0.496 e. The molecule has 1 unspecified atom stereocenters. The third-order valence-electron chi connectivity index (χ3n) is 9.71. The van der Waals surface area contributed by atoms with Crippen LogP contribution in [-0.4, -0.2) is 62.9 Å². The zero-order chi connectivity index (χ0) is 36.2. The van der Waals surface area contributed by atoms with Crippen molar-refractivity contribution in [1.82, 2.24) is 9.88 Å². The van der Waals surface area contributed by atoms with Gasteiger partial charge in [0.25, 0.3) is 5.91 Å². The molecular formula is C39H62N2O6S. The Hall–Kier alpha value is -2.49. The SMILES string of the molecule is CC(C)[C@@H]1CC[C@@H](C)CC1O.COc1cc(C(=O)N2[C@@H](c3nccs3)[C@@H](CO)C[C@@]2(CC(C)C)C(=O)OC(C)(C)C)ccc1C(C)(C)C. The Labute approximate surface area is 293 Å². The summed E-state index contributed by atoms with van der Waals surface area (Å²) in [5.41, 5.74) is -0.761. The molecule has 2 aromatic rings. The van der Waals surface area contributed by atoms with Crippen LogP contribution in [0.1, 0.15) is 135 Å². The predicted octanol–water partition coefficient (Wildman–Crippen LogP) is 8.21. The van der Waals surface area contributed by atoms with E-state index in [9.17, 15) is 19.8 Å². The average molecular weight is 687 g/mol. The number of aliphatic hydroxyl groups excluding tert-OH is 2. The van der Waals surface area contributed by atoms with Crippen molar-refractivity contribution in [3.05, 3.63) is 45.9 Å². The van der Waals surface area contributed by atoms with E-state index < -0.39 is 23.2 Å². The number of aliphatic hydroxyl groups is 2. The van der Waals surface area contributed by atoms with Crippen molar-refractivity contribution in [2.24, 2.45) is 29.6 Å². The number of ether oxygens (including phenoxy) is 2. The minimum atomic E-state index is -1.25. The summed E-state index contributed by atoms with van der Waals surface area (Å²) < 4.78 is 11.6. The third-order valence-corrected chi connectivity index (χ3v) is 10.6. The topological polar surface area (TPSA) is 109 Å². The van der Waals surface area contributed by atoms with Crippen molar-refractivity contribution in [1.29, 1.82) is 0 Å².